The molecular weight excluding hydrogens is 211 g/mol. The van der Waals surface area contributed by atoms with Gasteiger partial charge in [0.05, 0.1) is 6.07 Å². The summed E-state index contributed by atoms with van der Waals surface area (Å²) in [5.41, 5.74) is 0. The molecule has 0 bridgehead atoms. The molecule has 5 heteroatoms. The molecule has 0 heterocycles. The van der Waals surface area contributed by atoms with E-state index in [4.69, 9.17) is 5.26 Å². The Morgan fingerprint density at radius 1 is 1.36 bits per heavy atom. The number of alkyl halides is 3. The van der Waals surface area contributed by atoms with Gasteiger partial charge in [0.15, 0.2) is 5.92 Å². The average Bonchev–Trinajstić information content (AvgIpc) is 2.09. The van der Waals surface area contributed by atoms with Crippen LogP contribution >= 0.6 is 11.8 Å². The molecule has 0 aliphatic rings. The molecule has 0 radical (unpaired) electrons. The monoisotopic (exact) mass is 225 g/mol. The Balaban J connectivity index is 3.61. The van der Waals surface area contributed by atoms with Crippen molar-refractivity contribution < 1.29 is 13.2 Å². The zero-order valence-corrected chi connectivity index (χ0v) is 8.92. The van der Waals surface area contributed by atoms with E-state index in [-0.39, 0.29) is 5.75 Å². The molecule has 0 aliphatic carbocycles. The van der Waals surface area contributed by atoms with Crippen LogP contribution < -0.4 is 0 Å². The number of nitriles is 1. The number of halogens is 3. The van der Waals surface area contributed by atoms with E-state index in [1.54, 1.807) is 0 Å². The van der Waals surface area contributed by atoms with Crippen molar-refractivity contribution in [1.82, 2.24) is 0 Å². The molecule has 1 nitrogen and oxygen atoms in total. The van der Waals surface area contributed by atoms with E-state index in [1.165, 1.54) is 17.8 Å². The Morgan fingerprint density at radius 3 is 2.43 bits per heavy atom. The van der Waals surface area contributed by atoms with Crippen LogP contribution in [-0.4, -0.2) is 17.7 Å². The fourth-order valence-corrected chi connectivity index (χ4v) is 1.93. The maximum atomic E-state index is 12.1. The van der Waals surface area contributed by atoms with Crippen LogP contribution in [0.25, 0.3) is 0 Å². The summed E-state index contributed by atoms with van der Waals surface area (Å²) in [5, 5.41) is 8.28. The smallest absolute Gasteiger partial charge is 0.198 e. The SMILES string of the molecule is CCCCCSCC(C#N)C(F)(F)F. The van der Waals surface area contributed by atoms with Crippen molar-refractivity contribution in [3.63, 3.8) is 0 Å². The van der Waals surface area contributed by atoms with E-state index < -0.39 is 12.1 Å². The van der Waals surface area contributed by atoms with Crippen LogP contribution in [0.1, 0.15) is 26.2 Å². The number of thioether (sulfide) groups is 1. The Bertz CT molecular complexity index is 185. The van der Waals surface area contributed by atoms with Crippen LogP contribution in [0.5, 0.6) is 0 Å². The largest absolute Gasteiger partial charge is 0.405 e. The molecule has 1 unspecified atom stereocenters. The zero-order valence-electron chi connectivity index (χ0n) is 8.10. The van der Waals surface area contributed by atoms with Crippen LogP contribution in [0.4, 0.5) is 13.2 Å². The summed E-state index contributed by atoms with van der Waals surface area (Å²) in [6.07, 6.45) is -1.35. The minimum absolute atomic E-state index is 0.135. The van der Waals surface area contributed by atoms with Gasteiger partial charge in [-0.25, -0.2) is 0 Å². The Kier molecular flexibility index (Phi) is 6.81. The maximum Gasteiger partial charge on any atom is 0.405 e. The molecule has 82 valence electrons. The van der Waals surface area contributed by atoms with Crippen LogP contribution in [0.2, 0.25) is 0 Å². The summed E-state index contributed by atoms with van der Waals surface area (Å²) in [6.45, 7) is 2.04. The van der Waals surface area contributed by atoms with E-state index in [9.17, 15) is 13.2 Å². The summed E-state index contributed by atoms with van der Waals surface area (Å²) in [6, 6.07) is 1.29. The molecular formula is C9H14F3NS. The predicted octanol–water partition coefficient (Wildman–Crippen LogP) is 3.61. The number of hydrogen-bond donors (Lipinski definition) is 0. The van der Waals surface area contributed by atoms with Gasteiger partial charge in [0.25, 0.3) is 0 Å². The molecule has 0 N–H and O–H groups in total. The molecule has 0 saturated heterocycles. The number of hydrogen-bond acceptors (Lipinski definition) is 2. The average molecular weight is 225 g/mol. The molecule has 14 heavy (non-hydrogen) atoms. The van der Waals surface area contributed by atoms with Crippen molar-refractivity contribution in [3.8, 4) is 6.07 Å². The minimum Gasteiger partial charge on any atom is -0.198 e. The standard InChI is InChI=1S/C9H14F3NS/c1-2-3-4-5-14-7-8(6-13)9(10,11)12/h8H,2-5,7H2,1H3. The lowest BCUT2D eigenvalue weighted by molar-refractivity contribution is -0.152. The van der Waals surface area contributed by atoms with Gasteiger partial charge in [-0.05, 0) is 12.2 Å². The fraction of sp³-hybridized carbons (Fsp3) is 0.889. The van der Waals surface area contributed by atoms with E-state index in [0.29, 0.717) is 5.75 Å². The highest BCUT2D eigenvalue weighted by Gasteiger charge is 2.39. The summed E-state index contributed by atoms with van der Waals surface area (Å²) in [5.74, 6) is -1.24. The first kappa shape index (κ1) is 13.6. The first-order valence-corrected chi connectivity index (χ1v) is 5.72. The van der Waals surface area contributed by atoms with Gasteiger partial charge in [-0.15, -0.1) is 0 Å². The van der Waals surface area contributed by atoms with Gasteiger partial charge in [-0.1, -0.05) is 19.8 Å². The fourth-order valence-electron chi connectivity index (χ4n) is 0.860. The van der Waals surface area contributed by atoms with Gasteiger partial charge in [0, 0.05) is 5.75 Å². The highest BCUT2D eigenvalue weighted by molar-refractivity contribution is 7.99. The second-order valence-corrected chi connectivity index (χ2v) is 4.16. The lowest BCUT2D eigenvalue weighted by Gasteiger charge is -2.12. The van der Waals surface area contributed by atoms with Crippen LogP contribution in [0.15, 0.2) is 0 Å². The Labute approximate surface area is 86.7 Å². The summed E-state index contributed by atoms with van der Waals surface area (Å²) < 4.78 is 36.2. The van der Waals surface area contributed by atoms with E-state index >= 15 is 0 Å². The molecule has 0 fully saturated rings. The highest BCUT2D eigenvalue weighted by Crippen LogP contribution is 2.28. The third-order valence-electron chi connectivity index (χ3n) is 1.73. The predicted molar refractivity (Wildman–Crippen MR) is 52.0 cm³/mol. The lowest BCUT2D eigenvalue weighted by Crippen LogP contribution is -2.23. The first-order valence-electron chi connectivity index (χ1n) is 4.56. The summed E-state index contributed by atoms with van der Waals surface area (Å²) >= 11 is 1.21. The topological polar surface area (TPSA) is 23.8 Å². The van der Waals surface area contributed by atoms with Gasteiger partial charge in [0.1, 0.15) is 0 Å². The highest BCUT2D eigenvalue weighted by atomic mass is 32.2. The van der Waals surface area contributed by atoms with Crippen LogP contribution in [-0.2, 0) is 0 Å². The Hall–Kier alpha value is -0.370. The number of unbranched alkanes of at least 4 members (excludes halogenated alkanes) is 2. The molecule has 0 spiro atoms. The summed E-state index contributed by atoms with van der Waals surface area (Å²) in [7, 11) is 0. The van der Waals surface area contributed by atoms with Crippen molar-refractivity contribution in [3.05, 3.63) is 0 Å². The second-order valence-electron chi connectivity index (χ2n) is 3.01. The normalized spacial score (nSPS) is 13.6. The quantitative estimate of drug-likeness (QED) is 0.645. The molecule has 0 rings (SSSR count). The van der Waals surface area contributed by atoms with Gasteiger partial charge in [-0.2, -0.15) is 30.2 Å². The molecule has 0 amide bonds. The third-order valence-corrected chi connectivity index (χ3v) is 2.87. The minimum atomic E-state index is -4.37. The van der Waals surface area contributed by atoms with Gasteiger partial charge < -0.3 is 0 Å². The van der Waals surface area contributed by atoms with E-state index in [2.05, 4.69) is 0 Å². The van der Waals surface area contributed by atoms with Crippen LogP contribution in [0.3, 0.4) is 0 Å². The van der Waals surface area contributed by atoms with Crippen molar-refractivity contribution in [2.24, 2.45) is 5.92 Å². The van der Waals surface area contributed by atoms with Gasteiger partial charge >= 0.3 is 6.18 Å². The molecule has 0 aliphatic heterocycles. The number of nitrogens with zero attached hydrogens (tertiary/aromatic N) is 1. The summed E-state index contributed by atoms with van der Waals surface area (Å²) in [4.78, 5) is 0. The maximum absolute atomic E-state index is 12.1. The second kappa shape index (κ2) is 6.99. The Morgan fingerprint density at radius 2 is 2.00 bits per heavy atom. The number of rotatable bonds is 6. The molecule has 0 aromatic rings. The van der Waals surface area contributed by atoms with Gasteiger partial charge in [-0.3, -0.25) is 0 Å². The van der Waals surface area contributed by atoms with Gasteiger partial charge in [0.2, 0.25) is 0 Å². The molecule has 0 aromatic carbocycles. The molecule has 1 atom stereocenters. The first-order chi connectivity index (χ1) is 6.52. The van der Waals surface area contributed by atoms with Crippen molar-refractivity contribution >= 4 is 11.8 Å². The van der Waals surface area contributed by atoms with Crippen molar-refractivity contribution in [2.75, 3.05) is 11.5 Å². The lowest BCUT2D eigenvalue weighted by atomic mass is 10.2. The van der Waals surface area contributed by atoms with Crippen molar-refractivity contribution in [2.45, 2.75) is 32.4 Å². The molecule has 0 aromatic heterocycles. The van der Waals surface area contributed by atoms with E-state index in [0.717, 1.165) is 19.3 Å². The van der Waals surface area contributed by atoms with Crippen LogP contribution in [0, 0.1) is 17.2 Å². The molecule has 0 saturated carbocycles. The zero-order chi connectivity index (χ0) is 11.0. The van der Waals surface area contributed by atoms with Crippen molar-refractivity contribution in [1.29, 1.82) is 5.26 Å². The van der Waals surface area contributed by atoms with E-state index in [1.807, 2.05) is 6.92 Å². The third kappa shape index (κ3) is 6.14.